The quantitative estimate of drug-likeness (QED) is 0.0751. The van der Waals surface area contributed by atoms with Gasteiger partial charge in [0.05, 0.1) is 35.0 Å². The number of aryl methyl sites for hydroxylation is 1. The Hall–Kier alpha value is -15.7. The zero-order valence-electron chi connectivity index (χ0n) is 74.1. The molecule has 12 aromatic carbocycles. The number of benzene rings is 12. The predicted molar refractivity (Wildman–Crippen MR) is 519 cm³/mol. The standard InChI is InChI=1S/C14H11N2.C13H8NO.C12H10NO.2C11H7FN.5C10H7NO2.5Ir/c1-16-13-10-6-5-9-12(13)15-14(16)11-7-3-2-4-8-11;1-2-6-10(7-3-1)13-14-11-8-4-5-9-12(11)15-13;1-14-11-7-5-10(6-8-11)12-4-2-3-9-13-12;12-10-6-4-9(5-7-10)11-3-1-2-8-13-11;12-10-6-7-13-11(8-10)9-4-2-1-3-5-9;12-10(13)9-5-7-3-1-2-4-8(7)6-11-9;3*12-10(13)9-8-4-2-1-3-7(8)5-6-11-9;12-10(13)9-6-5-7-3-1-2-4-8(7)11-9;;;;;/h2-7,9-10H,1H3;1-6,8-9H;2-5,7-9H,1H3;2*1-4,6-8H;5*1-6H,(H,12,13);;;;;/q5*-1;;;;;;;;;;. The molecular weight excluding hydrogens is 2680 g/mol. The van der Waals surface area contributed by atoms with Gasteiger partial charge < -0.3 is 54.2 Å². The third-order valence-electron chi connectivity index (χ3n) is 19.7. The van der Waals surface area contributed by atoms with E-state index in [1.165, 1.54) is 55.1 Å². The van der Waals surface area contributed by atoms with Crippen molar-refractivity contribution in [3.63, 3.8) is 0 Å². The number of rotatable bonds is 11. The molecule has 0 aliphatic heterocycles. The second-order valence-electron chi connectivity index (χ2n) is 28.6. The topological polar surface area (TPSA) is 343 Å². The van der Waals surface area contributed by atoms with Crippen LogP contribution in [0.5, 0.6) is 5.75 Å². The molecule has 0 saturated carbocycles. The molecule has 713 valence electrons. The molecule has 5 N–H and O–H groups in total. The molecule has 22 aromatic rings. The Labute approximate surface area is 875 Å². The van der Waals surface area contributed by atoms with Gasteiger partial charge in [0.2, 0.25) is 0 Å². The average molecular weight is 2760 g/mol. The molecule has 0 bridgehead atoms. The van der Waals surface area contributed by atoms with Gasteiger partial charge in [0.1, 0.15) is 28.7 Å². The molecule has 22 rings (SSSR count). The summed E-state index contributed by atoms with van der Waals surface area (Å²) in [7, 11) is 3.68. The number of carbonyl (C=O) groups is 5. The molecule has 0 fully saturated rings. The Balaban J connectivity index is 0.000000191. The molecule has 0 amide bonds. The van der Waals surface area contributed by atoms with Gasteiger partial charge in [0.25, 0.3) is 0 Å². The number of aromatic nitrogens is 11. The van der Waals surface area contributed by atoms with Crippen molar-refractivity contribution in [2.24, 2.45) is 7.05 Å². The second-order valence-corrected chi connectivity index (χ2v) is 28.6. The van der Waals surface area contributed by atoms with Gasteiger partial charge in [0.15, 0.2) is 17.1 Å². The van der Waals surface area contributed by atoms with Crippen molar-refractivity contribution in [1.82, 2.24) is 54.4 Å². The SMILES string of the molecule is COc1c[c-]c(-c2ccccn2)cc1.Cn1c(-c2[c-]cccc2)nc2ccccc21.Fc1c[c-]c(-c2ccccn2)cc1.Fc1ccnc(-c2[c-]cccc2)c1.O=C(O)c1cc2ccccc2cn1.O=C(O)c1ccc2ccccc2n1.O=C(O)c1nccc2ccccc12.O=C(O)c1nccc2ccccc12.O=C(O)c1nccc2ccccc12.[Ir].[Ir].[Ir].[Ir].[Ir].[c-]1ccccc1-c1nc2ccccc2o1. The Morgan fingerprint density at radius 1 is 0.319 bits per heavy atom. The van der Waals surface area contributed by atoms with E-state index in [2.05, 4.69) is 90.8 Å². The van der Waals surface area contributed by atoms with Gasteiger partial charge in [-0.25, -0.2) is 53.3 Å². The number of halogens is 2. The number of hydrogen-bond acceptors (Lipinski definition) is 17. The van der Waals surface area contributed by atoms with Gasteiger partial charge in [-0.3, -0.25) is 14.4 Å². The molecule has 0 saturated heterocycles. The molecule has 141 heavy (non-hydrogen) atoms. The number of aromatic carboxylic acids is 5. The Morgan fingerprint density at radius 2 is 0.752 bits per heavy atom. The molecule has 0 aliphatic carbocycles. The van der Waals surface area contributed by atoms with Crippen LogP contribution in [0.15, 0.2) is 412 Å². The number of para-hydroxylation sites is 5. The zero-order valence-corrected chi connectivity index (χ0v) is 86.1. The number of nitrogens with zero attached hydrogens (tertiary/aromatic N) is 11. The Kier molecular flexibility index (Phi) is 44.6. The van der Waals surface area contributed by atoms with E-state index in [0.29, 0.717) is 33.3 Å². The summed E-state index contributed by atoms with van der Waals surface area (Å²) in [6.07, 6.45) is 11.0. The molecule has 10 heterocycles. The summed E-state index contributed by atoms with van der Waals surface area (Å²) in [5.41, 5.74) is 11.9. The van der Waals surface area contributed by atoms with E-state index < -0.39 is 29.8 Å². The summed E-state index contributed by atoms with van der Waals surface area (Å²) in [5.74, 6) is -3.12. The number of imidazole rings is 1. The van der Waals surface area contributed by atoms with Crippen LogP contribution in [-0.2, 0) is 108 Å². The average Bonchev–Trinajstić information content (AvgIpc) is 1.65. The van der Waals surface area contributed by atoms with Crippen LogP contribution in [0, 0.1) is 42.0 Å². The number of oxazole rings is 1. The third kappa shape index (κ3) is 31.9. The number of fused-ring (bicyclic) bond motifs is 7. The molecular formula is C111H78F2Ir5N11O12-5. The smallest absolute Gasteiger partial charge is 0.355 e. The van der Waals surface area contributed by atoms with Crippen LogP contribution in [0.25, 0.3) is 133 Å². The first-order valence-corrected chi connectivity index (χ1v) is 41.6. The van der Waals surface area contributed by atoms with E-state index >= 15 is 0 Å². The fourth-order valence-corrected chi connectivity index (χ4v) is 13.1. The van der Waals surface area contributed by atoms with Crippen molar-refractivity contribution in [3.05, 3.63) is 478 Å². The van der Waals surface area contributed by atoms with Crippen LogP contribution in [0.1, 0.15) is 52.4 Å². The first-order valence-electron chi connectivity index (χ1n) is 41.6. The van der Waals surface area contributed by atoms with Gasteiger partial charge in [0, 0.05) is 189 Å². The van der Waals surface area contributed by atoms with Crippen molar-refractivity contribution < 1.29 is 168 Å². The van der Waals surface area contributed by atoms with Gasteiger partial charge in [-0.15, -0.1) is 162 Å². The third-order valence-corrected chi connectivity index (χ3v) is 19.7. The van der Waals surface area contributed by atoms with E-state index in [4.69, 9.17) is 34.7 Å². The summed E-state index contributed by atoms with van der Waals surface area (Å²) >= 11 is 0. The molecule has 30 heteroatoms. The van der Waals surface area contributed by atoms with Crippen molar-refractivity contribution >= 4 is 106 Å². The Morgan fingerprint density at radius 3 is 1.21 bits per heavy atom. The second kappa shape index (κ2) is 56.9. The van der Waals surface area contributed by atoms with E-state index in [1.807, 2.05) is 250 Å². The molecule has 10 aromatic heterocycles. The summed E-state index contributed by atoms with van der Waals surface area (Å²) in [4.78, 5) is 94.0. The maximum absolute atomic E-state index is 12.8. The van der Waals surface area contributed by atoms with Crippen molar-refractivity contribution in [2.75, 3.05) is 7.11 Å². The minimum absolute atomic E-state index is 0. The number of hydrogen-bond donors (Lipinski definition) is 5. The van der Waals surface area contributed by atoms with E-state index in [9.17, 15) is 32.8 Å². The zero-order chi connectivity index (χ0) is 95.3. The number of ether oxygens (including phenoxy) is 1. The van der Waals surface area contributed by atoms with Gasteiger partial charge in [-0.2, -0.15) is 0 Å². The number of carboxylic acids is 5. The van der Waals surface area contributed by atoms with E-state index in [1.54, 1.807) is 111 Å². The largest absolute Gasteiger partial charge is 0.540 e. The molecule has 23 nitrogen and oxygen atoms in total. The van der Waals surface area contributed by atoms with Crippen molar-refractivity contribution in [3.8, 4) is 62.4 Å². The predicted octanol–water partition coefficient (Wildman–Crippen LogP) is 23.9. The monoisotopic (exact) mass is 2760 g/mol. The maximum Gasteiger partial charge on any atom is 0.355 e. The van der Waals surface area contributed by atoms with Crippen molar-refractivity contribution in [2.45, 2.75) is 0 Å². The maximum atomic E-state index is 12.8. The van der Waals surface area contributed by atoms with Crippen molar-refractivity contribution in [1.29, 1.82) is 0 Å². The van der Waals surface area contributed by atoms with Gasteiger partial charge in [-0.05, 0) is 124 Å². The number of methoxy groups -OCH3 is 1. The Bertz CT molecular complexity index is 7420. The van der Waals surface area contributed by atoms with E-state index in [0.717, 1.165) is 105 Å². The van der Waals surface area contributed by atoms with Crippen LogP contribution < -0.4 is 4.74 Å². The van der Waals surface area contributed by atoms with Crippen LogP contribution in [0.4, 0.5) is 8.78 Å². The molecule has 0 atom stereocenters. The molecule has 5 radical (unpaired) electrons. The molecule has 0 unspecified atom stereocenters. The molecule has 0 aliphatic rings. The van der Waals surface area contributed by atoms with Crippen LogP contribution in [0.2, 0.25) is 0 Å². The van der Waals surface area contributed by atoms with E-state index in [-0.39, 0.29) is 141 Å². The number of carboxylic acid groups (broad SMARTS) is 5. The van der Waals surface area contributed by atoms with Crippen LogP contribution in [-0.4, -0.2) is 117 Å². The fourth-order valence-electron chi connectivity index (χ4n) is 13.1. The summed E-state index contributed by atoms with van der Waals surface area (Å²) in [6, 6.07) is 125. The van der Waals surface area contributed by atoms with Crippen LogP contribution in [0.3, 0.4) is 0 Å². The minimum atomic E-state index is -0.995. The van der Waals surface area contributed by atoms with Gasteiger partial charge in [-0.1, -0.05) is 175 Å². The normalized spacial score (nSPS) is 9.84. The molecule has 0 spiro atoms. The van der Waals surface area contributed by atoms with Crippen LogP contribution >= 0.6 is 0 Å². The fraction of sp³-hybridized carbons (Fsp3) is 0.0180. The summed E-state index contributed by atoms with van der Waals surface area (Å²) < 4.78 is 38.1. The summed E-state index contributed by atoms with van der Waals surface area (Å²) in [6.45, 7) is 0. The first-order chi connectivity index (χ1) is 66.3. The summed E-state index contributed by atoms with van der Waals surface area (Å²) in [5, 5.41) is 51.4. The minimum Gasteiger partial charge on any atom is -0.540 e. The number of pyridine rings is 8. The first kappa shape index (κ1) is 111. The van der Waals surface area contributed by atoms with Gasteiger partial charge >= 0.3 is 29.8 Å².